The first kappa shape index (κ1) is 16.9. The van der Waals surface area contributed by atoms with Crippen molar-refractivity contribution in [3.63, 3.8) is 0 Å². The summed E-state index contributed by atoms with van der Waals surface area (Å²) in [4.78, 5) is 13.5. The topological polar surface area (TPSA) is 76.6 Å². The van der Waals surface area contributed by atoms with Gasteiger partial charge in [-0.1, -0.05) is 6.92 Å². The first-order valence-corrected chi connectivity index (χ1v) is 6.71. The van der Waals surface area contributed by atoms with E-state index in [0.717, 1.165) is 6.54 Å². The highest BCUT2D eigenvalue weighted by Crippen LogP contribution is 2.14. The van der Waals surface area contributed by atoms with Gasteiger partial charge in [-0.05, 0) is 19.5 Å². The summed E-state index contributed by atoms with van der Waals surface area (Å²) in [6.45, 7) is 3.10. The van der Waals surface area contributed by atoms with Crippen molar-refractivity contribution in [3.8, 4) is 0 Å². The fourth-order valence-corrected chi connectivity index (χ4v) is 2.40. The van der Waals surface area contributed by atoms with Crippen molar-refractivity contribution in [1.82, 2.24) is 5.32 Å². The highest BCUT2D eigenvalue weighted by atomic mass is 28.4. The van der Waals surface area contributed by atoms with E-state index < -0.39 is 9.05 Å². The molecule has 0 aromatic rings. The predicted molar refractivity (Wildman–Crippen MR) is 59.1 cm³/mol. The van der Waals surface area contributed by atoms with Gasteiger partial charge in [0.05, 0.1) is 21.3 Å². The largest absolute Gasteiger partial charge is 0.764 e. The Bertz CT molecular complexity index is 168. The minimum atomic E-state index is -3.58. The average molecular weight is 271 g/mol. The third-order valence-electron chi connectivity index (χ3n) is 1.65. The van der Waals surface area contributed by atoms with Crippen molar-refractivity contribution < 1.29 is 32.8 Å². The summed E-state index contributed by atoms with van der Waals surface area (Å²) in [5, 5.41) is 3.02. The zero-order valence-electron chi connectivity index (χ0n) is 10.8. The summed E-state index contributed by atoms with van der Waals surface area (Å²) in [7, 11) is 2.19. The van der Waals surface area contributed by atoms with Crippen molar-refractivity contribution in [1.29, 1.82) is 0 Å². The molecule has 0 aliphatic carbocycles. The molecular weight excluding hydrogens is 250 g/mol. The van der Waals surface area contributed by atoms with E-state index in [9.17, 15) is 0 Å². The Morgan fingerprint density at radius 2 is 1.47 bits per heavy atom. The Kier molecular flexibility index (Phi) is 9.82. The van der Waals surface area contributed by atoms with Crippen molar-refractivity contribution in [2.75, 3.05) is 41.5 Å². The molecule has 104 valence electrons. The molecule has 0 rings (SSSR count). The molecule has 17 heavy (non-hydrogen) atoms. The first-order chi connectivity index (χ1) is 8.14. The van der Waals surface area contributed by atoms with E-state index in [1.165, 1.54) is 21.3 Å². The van der Waals surface area contributed by atoms with Gasteiger partial charge in [0.15, 0.2) is 0 Å². The normalized spacial score (nSPS) is 13.9. The Labute approximate surface area is 102 Å². The van der Waals surface area contributed by atoms with Gasteiger partial charge in [0.2, 0.25) is 0 Å². The lowest BCUT2D eigenvalue weighted by Gasteiger charge is -2.23. The molecule has 9 heteroatoms. The van der Waals surface area contributed by atoms with E-state index in [1.54, 1.807) is 0 Å². The van der Waals surface area contributed by atoms with Gasteiger partial charge >= 0.3 is 9.05 Å². The van der Waals surface area contributed by atoms with Crippen LogP contribution in [0.3, 0.4) is 0 Å². The van der Waals surface area contributed by atoms with Crippen LogP contribution in [0, 0.1) is 5.92 Å². The molecule has 0 amide bonds. The van der Waals surface area contributed by atoms with Crippen LogP contribution < -0.4 is 5.32 Å². The second-order valence-electron chi connectivity index (χ2n) is 3.22. The minimum absolute atomic E-state index is 0.230. The fourth-order valence-electron chi connectivity index (χ4n) is 1.07. The summed E-state index contributed by atoms with van der Waals surface area (Å²) in [6, 6.07) is 0. The molecule has 8 nitrogen and oxygen atoms in total. The highest BCUT2D eigenvalue weighted by Gasteiger charge is 2.52. The molecule has 0 heterocycles. The smallest absolute Gasteiger partial charge is 0.347 e. The molecule has 0 bridgehead atoms. The lowest BCUT2D eigenvalue weighted by atomic mass is 10.2. The van der Waals surface area contributed by atoms with E-state index in [1.807, 2.05) is 14.0 Å². The van der Waals surface area contributed by atoms with Gasteiger partial charge in [-0.25, -0.2) is 14.7 Å². The standard InChI is InChI=1S/C8H21NO7Si/c1-8(6-9-2)7-13-17(14-10-3,15-11-4)16-12-5/h8-9H,6-7H2,1-5H3. The summed E-state index contributed by atoms with van der Waals surface area (Å²) in [6.07, 6.45) is 0. The van der Waals surface area contributed by atoms with Crippen molar-refractivity contribution in [2.45, 2.75) is 6.92 Å². The van der Waals surface area contributed by atoms with Crippen molar-refractivity contribution in [3.05, 3.63) is 0 Å². The Balaban J connectivity index is 4.32. The van der Waals surface area contributed by atoms with E-state index in [-0.39, 0.29) is 5.92 Å². The quantitative estimate of drug-likeness (QED) is 0.320. The maximum atomic E-state index is 5.42. The van der Waals surface area contributed by atoms with Gasteiger partial charge in [-0.15, -0.1) is 0 Å². The molecule has 0 radical (unpaired) electrons. The molecule has 0 spiro atoms. The maximum Gasteiger partial charge on any atom is 0.764 e. The first-order valence-electron chi connectivity index (χ1n) is 5.08. The molecule has 0 aromatic heterocycles. The van der Waals surface area contributed by atoms with Gasteiger partial charge in [-0.2, -0.15) is 13.7 Å². The van der Waals surface area contributed by atoms with Gasteiger partial charge < -0.3 is 9.74 Å². The van der Waals surface area contributed by atoms with E-state index in [2.05, 4.69) is 20.0 Å². The molecule has 1 unspecified atom stereocenters. The van der Waals surface area contributed by atoms with Crippen LogP contribution in [-0.4, -0.2) is 50.6 Å². The zero-order valence-corrected chi connectivity index (χ0v) is 11.8. The maximum absolute atomic E-state index is 5.42. The summed E-state index contributed by atoms with van der Waals surface area (Å²) in [5.74, 6) is 0.230. The fraction of sp³-hybridized carbons (Fsp3) is 1.00. The summed E-state index contributed by atoms with van der Waals surface area (Å²) >= 11 is 0. The SMILES string of the molecule is CNCC(C)CO[Si](OOC)(OOC)OOC. The van der Waals surface area contributed by atoms with Crippen LogP contribution in [0.5, 0.6) is 0 Å². The van der Waals surface area contributed by atoms with Gasteiger partial charge in [-0.3, -0.25) is 0 Å². The monoisotopic (exact) mass is 271 g/mol. The number of hydrogen-bond acceptors (Lipinski definition) is 8. The van der Waals surface area contributed by atoms with Gasteiger partial charge in [0.25, 0.3) is 0 Å². The molecule has 0 aliphatic heterocycles. The minimum Gasteiger partial charge on any atom is -0.347 e. The third-order valence-corrected chi connectivity index (χ3v) is 3.29. The van der Waals surface area contributed by atoms with Crippen LogP contribution in [0.1, 0.15) is 6.92 Å². The molecule has 1 atom stereocenters. The van der Waals surface area contributed by atoms with Crippen molar-refractivity contribution in [2.24, 2.45) is 5.92 Å². The van der Waals surface area contributed by atoms with Gasteiger partial charge in [0, 0.05) is 6.61 Å². The summed E-state index contributed by atoms with van der Waals surface area (Å²) in [5.41, 5.74) is 0. The Morgan fingerprint density at radius 1 is 1.00 bits per heavy atom. The molecule has 0 saturated heterocycles. The molecular formula is C8H21NO7Si. The van der Waals surface area contributed by atoms with E-state index >= 15 is 0 Å². The third kappa shape index (κ3) is 7.03. The number of rotatable bonds is 11. The average Bonchev–Trinajstić information content (AvgIpc) is 2.28. The molecule has 0 fully saturated rings. The Hall–Kier alpha value is -0.103. The van der Waals surface area contributed by atoms with Gasteiger partial charge in [0.1, 0.15) is 0 Å². The lowest BCUT2D eigenvalue weighted by Crippen LogP contribution is -2.49. The molecule has 0 aliphatic rings. The number of nitrogens with one attached hydrogen (secondary N) is 1. The molecule has 0 saturated carbocycles. The van der Waals surface area contributed by atoms with Crippen LogP contribution in [0.4, 0.5) is 0 Å². The lowest BCUT2D eigenvalue weighted by molar-refractivity contribution is -0.371. The predicted octanol–water partition coefficient (Wildman–Crippen LogP) is 0.0281. The molecule has 0 aromatic carbocycles. The summed E-state index contributed by atoms with van der Waals surface area (Å²) < 4.78 is 19.9. The zero-order chi connectivity index (χ0) is 13.1. The van der Waals surface area contributed by atoms with Crippen LogP contribution in [0.25, 0.3) is 0 Å². The molecule has 1 N–H and O–H groups in total. The van der Waals surface area contributed by atoms with Crippen LogP contribution >= 0.6 is 0 Å². The van der Waals surface area contributed by atoms with Crippen LogP contribution in [0.15, 0.2) is 0 Å². The second-order valence-corrected chi connectivity index (χ2v) is 5.01. The van der Waals surface area contributed by atoms with Crippen molar-refractivity contribution >= 4 is 9.05 Å². The van der Waals surface area contributed by atoms with E-state index in [4.69, 9.17) is 18.2 Å². The van der Waals surface area contributed by atoms with Crippen LogP contribution in [-0.2, 0) is 32.8 Å². The van der Waals surface area contributed by atoms with E-state index in [0.29, 0.717) is 6.61 Å². The highest BCUT2D eigenvalue weighted by molar-refractivity contribution is 6.52. The Morgan fingerprint density at radius 3 is 1.82 bits per heavy atom. The second kappa shape index (κ2) is 9.88. The number of hydrogen-bond donors (Lipinski definition) is 1. The van der Waals surface area contributed by atoms with Crippen LogP contribution in [0.2, 0.25) is 0 Å².